The van der Waals surface area contributed by atoms with E-state index in [1.165, 1.54) is 6.20 Å². The van der Waals surface area contributed by atoms with E-state index in [1.807, 2.05) is 17.6 Å². The second-order valence-corrected chi connectivity index (χ2v) is 11.0. The molecule has 3 aliphatic rings. The van der Waals surface area contributed by atoms with Gasteiger partial charge in [-0.1, -0.05) is 11.2 Å². The van der Waals surface area contributed by atoms with Crippen LogP contribution in [0.25, 0.3) is 22.5 Å². The van der Waals surface area contributed by atoms with Crippen molar-refractivity contribution in [2.45, 2.75) is 25.4 Å². The fourth-order valence-electron chi connectivity index (χ4n) is 4.60. The van der Waals surface area contributed by atoms with E-state index in [9.17, 15) is 21.6 Å². The number of anilines is 2. The van der Waals surface area contributed by atoms with Crippen molar-refractivity contribution in [2.75, 3.05) is 16.6 Å². The zero-order chi connectivity index (χ0) is 28.8. The molecule has 0 fully saturated rings. The quantitative estimate of drug-likeness (QED) is 0.301. The second-order valence-electron chi connectivity index (χ2n) is 9.32. The number of hydrogen-bond acceptors (Lipinski definition) is 9. The van der Waals surface area contributed by atoms with Gasteiger partial charge in [0, 0.05) is 48.4 Å². The van der Waals surface area contributed by atoms with Crippen LogP contribution in [-0.2, 0) is 28.5 Å². The van der Waals surface area contributed by atoms with Crippen LogP contribution in [0.15, 0.2) is 70.6 Å². The highest BCUT2D eigenvalue weighted by Gasteiger charge is 2.31. The van der Waals surface area contributed by atoms with Crippen LogP contribution in [0.2, 0.25) is 0 Å². The number of pyridine rings is 2. The van der Waals surface area contributed by atoms with Crippen molar-refractivity contribution in [1.82, 2.24) is 24.7 Å². The molecular formula is C26H21F3N8O3S. The number of rotatable bonds is 6. The summed E-state index contributed by atoms with van der Waals surface area (Å²) in [6.45, 7) is 3.18. The van der Waals surface area contributed by atoms with Crippen LogP contribution in [0.1, 0.15) is 16.8 Å². The van der Waals surface area contributed by atoms with Gasteiger partial charge in [-0.3, -0.25) is 9.71 Å². The van der Waals surface area contributed by atoms with Gasteiger partial charge in [0.15, 0.2) is 0 Å². The number of halogens is 3. The third-order valence-electron chi connectivity index (χ3n) is 6.41. The lowest BCUT2D eigenvalue weighted by Gasteiger charge is -2.19. The number of nitrogens with one attached hydrogen (secondary N) is 2. The zero-order valence-corrected chi connectivity index (χ0v) is 22.2. The van der Waals surface area contributed by atoms with E-state index in [2.05, 4.69) is 35.1 Å². The minimum atomic E-state index is -4.61. The summed E-state index contributed by atoms with van der Waals surface area (Å²) in [7, 11) is -4.08. The van der Waals surface area contributed by atoms with Crippen molar-refractivity contribution in [3.63, 3.8) is 0 Å². The second kappa shape index (κ2) is 9.99. The van der Waals surface area contributed by atoms with Crippen molar-refractivity contribution in [3.05, 3.63) is 83.5 Å². The summed E-state index contributed by atoms with van der Waals surface area (Å²) in [5.74, 6) is 1.00. The van der Waals surface area contributed by atoms with Gasteiger partial charge in [-0.15, -0.1) is 0 Å². The Kier molecular flexibility index (Phi) is 6.44. The Bertz CT molecular complexity index is 1900. The van der Waals surface area contributed by atoms with Crippen LogP contribution < -0.4 is 15.7 Å². The molecule has 0 atom stereocenters. The van der Waals surface area contributed by atoms with Gasteiger partial charge in [0.25, 0.3) is 11.5 Å². The Morgan fingerprint density at radius 3 is 2.73 bits per heavy atom. The zero-order valence-electron chi connectivity index (χ0n) is 21.3. The van der Waals surface area contributed by atoms with Gasteiger partial charge in [-0.25, -0.2) is 13.4 Å². The largest absolute Gasteiger partial charge is 0.416 e. The average molecular weight is 583 g/mol. The molecule has 3 aliphatic heterocycles. The maximum atomic E-state index is 13.1. The summed E-state index contributed by atoms with van der Waals surface area (Å²) in [5, 5.41) is 7.00. The lowest BCUT2D eigenvalue weighted by atomic mass is 9.98. The summed E-state index contributed by atoms with van der Waals surface area (Å²) in [5.41, 5.74) is 2.45. The molecule has 2 N–H and O–H groups in total. The SMILES string of the molecule is Cc1ccc(NS(=O)(=O)Cc2cc(C(F)(F)F)ccn2)cc1-c1cc2cn/c(=N\c3ccno3)nc-2n2c1NCC2. The van der Waals surface area contributed by atoms with E-state index in [0.29, 0.717) is 18.9 Å². The Morgan fingerprint density at radius 1 is 1.10 bits per heavy atom. The van der Waals surface area contributed by atoms with Crippen molar-refractivity contribution >= 4 is 27.4 Å². The first kappa shape index (κ1) is 26.4. The van der Waals surface area contributed by atoms with Crippen LogP contribution in [0.5, 0.6) is 0 Å². The molecule has 0 aliphatic carbocycles. The summed E-state index contributed by atoms with van der Waals surface area (Å²) in [6, 6.07) is 10.1. The smallest absolute Gasteiger partial charge is 0.369 e. The van der Waals surface area contributed by atoms with Gasteiger partial charge >= 0.3 is 6.18 Å². The third kappa shape index (κ3) is 5.48. The van der Waals surface area contributed by atoms with E-state index < -0.39 is 27.5 Å². The number of aryl methyl sites for hydroxylation is 1. The fourth-order valence-corrected chi connectivity index (χ4v) is 5.71. The molecule has 0 bridgehead atoms. The standard InChI is InChI=1S/C26H21F3N8O3S/c1-15-2-3-18(36-41(38,39)14-19-11-17(4-6-30-19)26(27,28)29)12-20(15)21-10-16-13-32-25(34-22-5-7-33-40-22)35-23(16)37-9-8-31-24(21)37/h2-7,10-13,31,36H,8-9,14H2,1H3/b34-25+. The lowest BCUT2D eigenvalue weighted by molar-refractivity contribution is -0.137. The monoisotopic (exact) mass is 582 g/mol. The summed E-state index contributed by atoms with van der Waals surface area (Å²) in [4.78, 5) is 17.0. The molecule has 41 heavy (non-hydrogen) atoms. The number of aromatic nitrogens is 5. The minimum absolute atomic E-state index is 0.214. The average Bonchev–Trinajstić information content (AvgIpc) is 3.61. The van der Waals surface area contributed by atoms with Crippen LogP contribution in [0.3, 0.4) is 0 Å². The van der Waals surface area contributed by atoms with Crippen molar-refractivity contribution in [3.8, 4) is 22.5 Å². The van der Waals surface area contributed by atoms with Gasteiger partial charge in [0.2, 0.25) is 10.0 Å². The van der Waals surface area contributed by atoms with E-state index >= 15 is 0 Å². The highest BCUT2D eigenvalue weighted by atomic mass is 32.2. The predicted octanol–water partition coefficient (Wildman–Crippen LogP) is 4.36. The first-order valence-corrected chi connectivity index (χ1v) is 13.9. The van der Waals surface area contributed by atoms with Gasteiger partial charge < -0.3 is 14.4 Å². The molecule has 0 radical (unpaired) electrons. The summed E-state index contributed by atoms with van der Waals surface area (Å²) < 4.78 is 74.4. The molecule has 2 aromatic heterocycles. The lowest BCUT2D eigenvalue weighted by Crippen LogP contribution is -2.17. The van der Waals surface area contributed by atoms with Gasteiger partial charge in [-0.2, -0.15) is 23.1 Å². The molecule has 3 aromatic rings. The number of sulfonamides is 1. The van der Waals surface area contributed by atoms with Crippen LogP contribution in [0, 0.1) is 6.92 Å². The molecule has 0 spiro atoms. The number of nitrogens with zero attached hydrogens (tertiary/aromatic N) is 6. The molecular weight excluding hydrogens is 561 g/mol. The van der Waals surface area contributed by atoms with Gasteiger partial charge in [0.05, 0.1) is 17.5 Å². The number of alkyl halides is 3. The minimum Gasteiger partial charge on any atom is -0.369 e. The van der Waals surface area contributed by atoms with E-state index in [1.54, 1.807) is 30.5 Å². The van der Waals surface area contributed by atoms with E-state index in [4.69, 9.17) is 4.52 Å². The number of benzene rings is 1. The Morgan fingerprint density at radius 2 is 1.95 bits per heavy atom. The first-order valence-electron chi connectivity index (χ1n) is 12.3. The molecule has 210 valence electrons. The summed E-state index contributed by atoms with van der Waals surface area (Å²) >= 11 is 0. The number of hydrogen-bond donors (Lipinski definition) is 2. The fraction of sp³-hybridized carbons (Fsp3) is 0.192. The molecule has 15 heteroatoms. The summed E-state index contributed by atoms with van der Waals surface area (Å²) in [6.07, 6.45) is -0.541. The van der Waals surface area contributed by atoms with Crippen molar-refractivity contribution in [1.29, 1.82) is 0 Å². The van der Waals surface area contributed by atoms with E-state index in [0.717, 1.165) is 46.4 Å². The third-order valence-corrected chi connectivity index (χ3v) is 7.63. The molecule has 0 saturated carbocycles. The van der Waals surface area contributed by atoms with Crippen LogP contribution in [-0.4, -0.2) is 39.6 Å². The maximum absolute atomic E-state index is 13.1. The Hall–Kier alpha value is -4.79. The number of fused-ring (bicyclic) bond motifs is 3. The Balaban J connectivity index is 1.34. The molecule has 0 saturated heterocycles. The Labute approximate surface area is 231 Å². The van der Waals surface area contributed by atoms with Crippen LogP contribution in [0.4, 0.5) is 30.6 Å². The van der Waals surface area contributed by atoms with Crippen molar-refractivity contribution in [2.24, 2.45) is 4.99 Å². The van der Waals surface area contributed by atoms with Crippen LogP contribution >= 0.6 is 0 Å². The maximum Gasteiger partial charge on any atom is 0.416 e. The topological polar surface area (TPSA) is 140 Å². The first-order chi connectivity index (χ1) is 19.6. The highest BCUT2D eigenvalue weighted by Crippen LogP contribution is 2.39. The van der Waals surface area contributed by atoms with E-state index in [-0.39, 0.29) is 22.9 Å². The molecule has 0 amide bonds. The molecule has 0 unspecified atom stereocenters. The molecule has 6 rings (SSSR count). The van der Waals surface area contributed by atoms with Crippen molar-refractivity contribution < 1.29 is 26.1 Å². The van der Waals surface area contributed by atoms with Gasteiger partial charge in [-0.05, 0) is 48.4 Å². The molecule has 1 aromatic carbocycles. The van der Waals surface area contributed by atoms with Gasteiger partial charge in [0.1, 0.15) is 17.4 Å². The predicted molar refractivity (Wildman–Crippen MR) is 143 cm³/mol. The normalized spacial score (nSPS) is 13.8. The highest BCUT2D eigenvalue weighted by molar-refractivity contribution is 7.91. The molecule has 11 nitrogen and oxygen atoms in total. The molecule has 5 heterocycles.